The Morgan fingerprint density at radius 2 is 1.79 bits per heavy atom. The van der Waals surface area contributed by atoms with Crippen LogP contribution in [0.15, 0.2) is 24.3 Å². The van der Waals surface area contributed by atoms with Crippen molar-refractivity contribution in [2.45, 2.75) is 53.1 Å². The maximum atomic E-state index is 12.7. The Morgan fingerprint density at radius 1 is 1.16 bits per heavy atom. The molecule has 0 fully saturated rings. The number of hydrogen-bond acceptors (Lipinski definition) is 1. The maximum Gasteiger partial charge on any atom is 0.226 e. The summed E-state index contributed by atoms with van der Waals surface area (Å²) in [5.41, 5.74) is 2.67. The lowest BCUT2D eigenvalue weighted by Crippen LogP contribution is -2.39. The normalized spacial score (nSPS) is 19.8. The second kappa shape index (κ2) is 5.77. The molecule has 0 aromatic heterocycles. The van der Waals surface area contributed by atoms with E-state index in [0.29, 0.717) is 11.8 Å². The third kappa shape index (κ3) is 3.17. The van der Waals surface area contributed by atoms with Gasteiger partial charge in [-0.05, 0) is 43.7 Å². The van der Waals surface area contributed by atoms with E-state index in [9.17, 15) is 4.79 Å². The highest BCUT2D eigenvalue weighted by Crippen LogP contribution is 2.28. The summed E-state index contributed by atoms with van der Waals surface area (Å²) in [5, 5.41) is 0. The highest BCUT2D eigenvalue weighted by Gasteiger charge is 2.30. The molecule has 1 aliphatic heterocycles. The van der Waals surface area contributed by atoms with Gasteiger partial charge in [0.25, 0.3) is 0 Å². The number of rotatable bonds is 3. The van der Waals surface area contributed by atoms with E-state index in [0.717, 1.165) is 19.4 Å². The van der Waals surface area contributed by atoms with Gasteiger partial charge < -0.3 is 4.90 Å². The molecule has 19 heavy (non-hydrogen) atoms. The molecule has 1 aliphatic rings. The van der Waals surface area contributed by atoms with E-state index < -0.39 is 0 Å². The molecule has 0 radical (unpaired) electrons. The van der Waals surface area contributed by atoms with E-state index in [1.807, 2.05) is 4.90 Å². The van der Waals surface area contributed by atoms with Crippen molar-refractivity contribution >= 4 is 5.91 Å². The van der Waals surface area contributed by atoms with Gasteiger partial charge in [0.1, 0.15) is 0 Å². The van der Waals surface area contributed by atoms with Crippen LogP contribution in [0.1, 0.15) is 45.2 Å². The van der Waals surface area contributed by atoms with Gasteiger partial charge in [-0.2, -0.15) is 0 Å². The van der Waals surface area contributed by atoms with Crippen molar-refractivity contribution in [3.05, 3.63) is 35.4 Å². The van der Waals surface area contributed by atoms with Gasteiger partial charge in [0.2, 0.25) is 5.91 Å². The summed E-state index contributed by atoms with van der Waals surface area (Å²) in [5.74, 6) is 1.04. The molecule has 2 heteroatoms. The summed E-state index contributed by atoms with van der Waals surface area (Å²) in [6.07, 6.45) is 1.88. The number of nitrogens with zero attached hydrogens (tertiary/aromatic N) is 1. The molecule has 0 saturated heterocycles. The van der Waals surface area contributed by atoms with Crippen molar-refractivity contribution in [3.8, 4) is 0 Å². The molecule has 0 spiro atoms. The molecule has 0 saturated carbocycles. The molecule has 0 aliphatic carbocycles. The van der Waals surface area contributed by atoms with Gasteiger partial charge >= 0.3 is 0 Å². The lowest BCUT2D eigenvalue weighted by Gasteiger charge is -2.28. The van der Waals surface area contributed by atoms with Gasteiger partial charge in [0.15, 0.2) is 0 Å². The Labute approximate surface area is 116 Å². The summed E-state index contributed by atoms with van der Waals surface area (Å²) in [4.78, 5) is 14.8. The number of hydrogen-bond donors (Lipinski definition) is 0. The van der Waals surface area contributed by atoms with Crippen molar-refractivity contribution in [1.29, 1.82) is 0 Å². The van der Waals surface area contributed by atoms with Gasteiger partial charge in [-0.15, -0.1) is 0 Å². The van der Waals surface area contributed by atoms with Crippen LogP contribution in [0.3, 0.4) is 0 Å². The van der Waals surface area contributed by atoms with E-state index in [4.69, 9.17) is 0 Å². The zero-order valence-corrected chi connectivity index (χ0v) is 12.5. The Balaban J connectivity index is 2.34. The van der Waals surface area contributed by atoms with E-state index >= 15 is 0 Å². The average molecular weight is 259 g/mol. The molecule has 1 amide bonds. The summed E-state index contributed by atoms with van der Waals surface area (Å²) < 4.78 is 0. The minimum absolute atomic E-state index is 0.144. The van der Waals surface area contributed by atoms with Gasteiger partial charge in [-0.25, -0.2) is 0 Å². The largest absolute Gasteiger partial charge is 0.336 e. The first kappa shape index (κ1) is 14.1. The van der Waals surface area contributed by atoms with Crippen molar-refractivity contribution in [3.63, 3.8) is 0 Å². The summed E-state index contributed by atoms with van der Waals surface area (Å²) in [7, 11) is 0. The summed E-state index contributed by atoms with van der Waals surface area (Å²) in [6, 6.07) is 8.77. The molecule has 1 atom stereocenters. The topological polar surface area (TPSA) is 20.3 Å². The molecule has 0 bridgehead atoms. The monoisotopic (exact) mass is 259 g/mol. The van der Waals surface area contributed by atoms with E-state index in [1.165, 1.54) is 11.1 Å². The highest BCUT2D eigenvalue weighted by molar-refractivity contribution is 5.80. The Kier molecular flexibility index (Phi) is 4.28. The third-order valence-electron chi connectivity index (χ3n) is 3.94. The van der Waals surface area contributed by atoms with Crippen molar-refractivity contribution in [2.75, 3.05) is 0 Å². The fourth-order valence-corrected chi connectivity index (χ4v) is 2.95. The lowest BCUT2D eigenvalue weighted by atomic mass is 9.90. The Hall–Kier alpha value is -1.31. The van der Waals surface area contributed by atoms with Crippen molar-refractivity contribution in [1.82, 2.24) is 4.90 Å². The third-order valence-corrected chi connectivity index (χ3v) is 3.94. The first-order chi connectivity index (χ1) is 8.99. The van der Waals surface area contributed by atoms with Crippen LogP contribution in [0.4, 0.5) is 0 Å². The van der Waals surface area contributed by atoms with Gasteiger partial charge in [-0.1, -0.05) is 38.1 Å². The molecule has 1 aromatic carbocycles. The number of carbonyl (C=O) groups excluding carboxylic acids is 1. The van der Waals surface area contributed by atoms with Crippen LogP contribution in [0.2, 0.25) is 0 Å². The van der Waals surface area contributed by atoms with Crippen LogP contribution < -0.4 is 0 Å². The fourth-order valence-electron chi connectivity index (χ4n) is 2.95. The number of carbonyl (C=O) groups is 1. The summed E-state index contributed by atoms with van der Waals surface area (Å²) >= 11 is 0. The molecular weight excluding hydrogens is 234 g/mol. The van der Waals surface area contributed by atoms with E-state index in [1.54, 1.807) is 0 Å². The van der Waals surface area contributed by atoms with E-state index in [2.05, 4.69) is 52.0 Å². The molecule has 1 unspecified atom stereocenters. The highest BCUT2D eigenvalue weighted by atomic mass is 16.2. The van der Waals surface area contributed by atoms with Gasteiger partial charge in [0, 0.05) is 18.5 Å². The SMILES string of the molecule is CC(C)CC1Cc2ccccc2CN(C(C)C)C1=O. The Morgan fingerprint density at radius 3 is 2.37 bits per heavy atom. The van der Waals surface area contributed by atoms with Crippen LogP contribution in [0, 0.1) is 11.8 Å². The molecule has 1 aromatic rings. The minimum atomic E-state index is 0.144. The quantitative estimate of drug-likeness (QED) is 0.811. The van der Waals surface area contributed by atoms with Gasteiger partial charge in [-0.3, -0.25) is 4.79 Å². The number of benzene rings is 1. The van der Waals surface area contributed by atoms with Crippen LogP contribution >= 0.6 is 0 Å². The molecule has 2 rings (SSSR count). The average Bonchev–Trinajstić information content (AvgIpc) is 2.47. The van der Waals surface area contributed by atoms with Crippen LogP contribution in [-0.2, 0) is 17.8 Å². The molecule has 104 valence electrons. The van der Waals surface area contributed by atoms with E-state index in [-0.39, 0.29) is 12.0 Å². The van der Waals surface area contributed by atoms with Crippen LogP contribution in [-0.4, -0.2) is 16.8 Å². The fraction of sp³-hybridized carbons (Fsp3) is 0.588. The number of fused-ring (bicyclic) bond motifs is 1. The predicted molar refractivity (Wildman–Crippen MR) is 78.8 cm³/mol. The lowest BCUT2D eigenvalue weighted by molar-refractivity contribution is -0.138. The molecular formula is C17H25NO. The second-order valence-corrected chi connectivity index (χ2v) is 6.36. The molecule has 0 N–H and O–H groups in total. The number of amides is 1. The summed E-state index contributed by atoms with van der Waals surface area (Å²) in [6.45, 7) is 9.38. The maximum absolute atomic E-state index is 12.7. The van der Waals surface area contributed by atoms with Crippen molar-refractivity contribution in [2.24, 2.45) is 11.8 Å². The van der Waals surface area contributed by atoms with Crippen LogP contribution in [0.5, 0.6) is 0 Å². The minimum Gasteiger partial charge on any atom is -0.336 e. The first-order valence-corrected chi connectivity index (χ1v) is 7.36. The Bertz CT molecular complexity index is 450. The van der Waals surface area contributed by atoms with Crippen LogP contribution in [0.25, 0.3) is 0 Å². The zero-order valence-electron chi connectivity index (χ0n) is 12.5. The molecule has 2 nitrogen and oxygen atoms in total. The second-order valence-electron chi connectivity index (χ2n) is 6.36. The first-order valence-electron chi connectivity index (χ1n) is 7.36. The van der Waals surface area contributed by atoms with Crippen molar-refractivity contribution < 1.29 is 4.79 Å². The molecule has 1 heterocycles. The van der Waals surface area contributed by atoms with Gasteiger partial charge in [0.05, 0.1) is 0 Å². The predicted octanol–water partition coefficient (Wildman–Crippen LogP) is 3.64. The standard InChI is InChI=1S/C17H25NO/c1-12(2)9-16-10-14-7-5-6-8-15(14)11-18(13(3)4)17(16)19/h5-8,12-13,16H,9-11H2,1-4H3. The smallest absolute Gasteiger partial charge is 0.226 e. The zero-order chi connectivity index (χ0) is 14.0.